The number of hydrogen-bond donors (Lipinski definition) is 1. The molecule has 0 saturated carbocycles. The quantitative estimate of drug-likeness (QED) is 0.684. The van der Waals surface area contributed by atoms with Gasteiger partial charge in [0.05, 0.1) is 5.75 Å². The van der Waals surface area contributed by atoms with Crippen molar-refractivity contribution in [3.8, 4) is 11.4 Å². The summed E-state index contributed by atoms with van der Waals surface area (Å²) in [6.07, 6.45) is 0.307. The van der Waals surface area contributed by atoms with Crippen LogP contribution in [0.1, 0.15) is 11.5 Å². The molecule has 25 heavy (non-hydrogen) atoms. The summed E-state index contributed by atoms with van der Waals surface area (Å²) >= 11 is 6.00. The normalized spacial score (nSPS) is 11.6. The average Bonchev–Trinajstić information content (AvgIpc) is 3.06. The van der Waals surface area contributed by atoms with Crippen molar-refractivity contribution >= 4 is 21.6 Å². The standard InChI is InChI=1S/C17H16ClN3O3S/c18-15-9-5-4-8-14(15)12-25(22,23)19-11-10-16-20-17(21-24-16)13-6-2-1-3-7-13/h1-9,19H,10-12H2. The Morgan fingerprint density at radius 3 is 2.52 bits per heavy atom. The van der Waals surface area contributed by atoms with Crippen molar-refractivity contribution in [3.05, 3.63) is 71.1 Å². The molecule has 0 fully saturated rings. The minimum absolute atomic E-state index is 0.170. The molecule has 0 radical (unpaired) electrons. The summed E-state index contributed by atoms with van der Waals surface area (Å²) in [5.41, 5.74) is 1.40. The maximum atomic E-state index is 12.1. The summed E-state index contributed by atoms with van der Waals surface area (Å²) in [7, 11) is -3.50. The van der Waals surface area contributed by atoms with Crippen LogP contribution in [0.15, 0.2) is 59.1 Å². The molecule has 3 aromatic rings. The first kappa shape index (κ1) is 17.6. The van der Waals surface area contributed by atoms with Crippen LogP contribution in [0.5, 0.6) is 0 Å². The van der Waals surface area contributed by atoms with Crippen LogP contribution in [-0.4, -0.2) is 25.1 Å². The Morgan fingerprint density at radius 1 is 1.04 bits per heavy atom. The number of sulfonamides is 1. The van der Waals surface area contributed by atoms with Gasteiger partial charge < -0.3 is 4.52 Å². The molecule has 1 N–H and O–H groups in total. The van der Waals surface area contributed by atoms with E-state index in [9.17, 15) is 8.42 Å². The van der Waals surface area contributed by atoms with Crippen LogP contribution in [0, 0.1) is 0 Å². The van der Waals surface area contributed by atoms with Crippen LogP contribution in [0.3, 0.4) is 0 Å². The van der Waals surface area contributed by atoms with Gasteiger partial charge in [0.15, 0.2) is 0 Å². The fraction of sp³-hybridized carbons (Fsp3) is 0.176. The molecule has 8 heteroatoms. The number of benzene rings is 2. The monoisotopic (exact) mass is 377 g/mol. The minimum Gasteiger partial charge on any atom is -0.339 e. The van der Waals surface area contributed by atoms with E-state index in [0.717, 1.165) is 5.56 Å². The molecule has 0 bridgehead atoms. The van der Waals surface area contributed by atoms with Gasteiger partial charge in [0.2, 0.25) is 21.7 Å². The van der Waals surface area contributed by atoms with Crippen LogP contribution in [0.25, 0.3) is 11.4 Å². The Balaban J connectivity index is 1.56. The lowest BCUT2D eigenvalue weighted by Gasteiger charge is -2.06. The summed E-state index contributed by atoms with van der Waals surface area (Å²) in [6.45, 7) is 0.170. The third kappa shape index (κ3) is 4.88. The van der Waals surface area contributed by atoms with Gasteiger partial charge in [0, 0.05) is 23.6 Å². The van der Waals surface area contributed by atoms with Crippen molar-refractivity contribution in [2.45, 2.75) is 12.2 Å². The van der Waals surface area contributed by atoms with Gasteiger partial charge in [0.1, 0.15) is 0 Å². The van der Waals surface area contributed by atoms with Gasteiger partial charge in [0.25, 0.3) is 0 Å². The van der Waals surface area contributed by atoms with E-state index in [-0.39, 0.29) is 12.3 Å². The highest BCUT2D eigenvalue weighted by Gasteiger charge is 2.14. The number of nitrogens with one attached hydrogen (secondary N) is 1. The van der Waals surface area contributed by atoms with Crippen molar-refractivity contribution in [2.75, 3.05) is 6.54 Å². The Hall–Kier alpha value is -2.22. The van der Waals surface area contributed by atoms with E-state index in [1.54, 1.807) is 24.3 Å². The fourth-order valence-electron chi connectivity index (χ4n) is 2.25. The van der Waals surface area contributed by atoms with Crippen molar-refractivity contribution in [2.24, 2.45) is 0 Å². The largest absolute Gasteiger partial charge is 0.339 e. The molecule has 3 rings (SSSR count). The second-order valence-electron chi connectivity index (χ2n) is 5.37. The fourth-order valence-corrected chi connectivity index (χ4v) is 3.70. The van der Waals surface area contributed by atoms with E-state index >= 15 is 0 Å². The third-order valence-electron chi connectivity index (χ3n) is 3.46. The van der Waals surface area contributed by atoms with Crippen LogP contribution >= 0.6 is 11.6 Å². The van der Waals surface area contributed by atoms with E-state index in [1.165, 1.54) is 0 Å². The molecule has 1 heterocycles. The first-order valence-electron chi connectivity index (χ1n) is 7.62. The van der Waals surface area contributed by atoms with Crippen molar-refractivity contribution in [1.29, 1.82) is 0 Å². The molecular formula is C17H16ClN3O3S. The second-order valence-corrected chi connectivity index (χ2v) is 7.59. The SMILES string of the molecule is O=S(=O)(Cc1ccccc1Cl)NCCc1nc(-c2ccccc2)no1. The zero-order valence-corrected chi connectivity index (χ0v) is 14.8. The van der Waals surface area contributed by atoms with Crippen molar-refractivity contribution in [3.63, 3.8) is 0 Å². The van der Waals surface area contributed by atoms with E-state index in [0.29, 0.717) is 28.7 Å². The van der Waals surface area contributed by atoms with Gasteiger partial charge in [-0.05, 0) is 11.6 Å². The molecule has 0 aliphatic heterocycles. The van der Waals surface area contributed by atoms with Crippen LogP contribution in [-0.2, 0) is 22.2 Å². The zero-order chi connectivity index (χ0) is 17.7. The summed E-state index contributed by atoms with van der Waals surface area (Å²) in [5, 5.41) is 4.33. The molecule has 1 aromatic heterocycles. The molecule has 0 atom stereocenters. The summed E-state index contributed by atoms with van der Waals surface area (Å²) < 4.78 is 31.9. The highest BCUT2D eigenvalue weighted by Crippen LogP contribution is 2.17. The van der Waals surface area contributed by atoms with Crippen molar-refractivity contribution in [1.82, 2.24) is 14.9 Å². The first-order chi connectivity index (χ1) is 12.0. The molecule has 6 nitrogen and oxygen atoms in total. The Morgan fingerprint density at radius 2 is 1.76 bits per heavy atom. The second kappa shape index (κ2) is 7.77. The van der Waals surface area contributed by atoms with E-state index in [4.69, 9.17) is 16.1 Å². The molecule has 130 valence electrons. The van der Waals surface area contributed by atoms with Gasteiger partial charge in [-0.2, -0.15) is 4.98 Å². The highest BCUT2D eigenvalue weighted by atomic mass is 35.5. The van der Waals surface area contributed by atoms with Gasteiger partial charge in [-0.3, -0.25) is 0 Å². The Kier molecular flexibility index (Phi) is 5.47. The molecule has 0 saturated heterocycles. The maximum Gasteiger partial charge on any atom is 0.228 e. The van der Waals surface area contributed by atoms with Crippen LogP contribution in [0.2, 0.25) is 5.02 Å². The zero-order valence-electron chi connectivity index (χ0n) is 13.2. The van der Waals surface area contributed by atoms with Crippen molar-refractivity contribution < 1.29 is 12.9 Å². The number of halogens is 1. The summed E-state index contributed by atoms with van der Waals surface area (Å²) in [6, 6.07) is 16.3. The third-order valence-corrected chi connectivity index (χ3v) is 5.17. The number of nitrogens with zero attached hydrogens (tertiary/aromatic N) is 2. The van der Waals surface area contributed by atoms with Gasteiger partial charge in [-0.1, -0.05) is 65.3 Å². The number of aromatic nitrogens is 2. The lowest BCUT2D eigenvalue weighted by atomic mass is 10.2. The number of hydrogen-bond acceptors (Lipinski definition) is 5. The average molecular weight is 378 g/mol. The predicted molar refractivity (Wildman–Crippen MR) is 95.5 cm³/mol. The highest BCUT2D eigenvalue weighted by molar-refractivity contribution is 7.88. The smallest absolute Gasteiger partial charge is 0.228 e. The molecular weight excluding hydrogens is 362 g/mol. The molecule has 0 amide bonds. The van der Waals surface area contributed by atoms with E-state index < -0.39 is 10.0 Å². The first-order valence-corrected chi connectivity index (χ1v) is 9.65. The van der Waals surface area contributed by atoms with E-state index in [2.05, 4.69) is 14.9 Å². The summed E-state index contributed by atoms with van der Waals surface area (Å²) in [4.78, 5) is 4.26. The Labute approximate surface area is 150 Å². The topological polar surface area (TPSA) is 85.1 Å². The lowest BCUT2D eigenvalue weighted by Crippen LogP contribution is -2.27. The molecule has 0 aliphatic rings. The Bertz CT molecular complexity index is 943. The van der Waals surface area contributed by atoms with Crippen LogP contribution in [0.4, 0.5) is 0 Å². The maximum absolute atomic E-state index is 12.1. The number of rotatable bonds is 7. The molecule has 2 aromatic carbocycles. The molecule has 0 unspecified atom stereocenters. The predicted octanol–water partition coefficient (Wildman–Crippen LogP) is 3.05. The lowest BCUT2D eigenvalue weighted by molar-refractivity contribution is 0.379. The van der Waals surface area contributed by atoms with Gasteiger partial charge in [-0.15, -0.1) is 0 Å². The molecule has 0 spiro atoms. The van der Waals surface area contributed by atoms with Crippen LogP contribution < -0.4 is 4.72 Å². The van der Waals surface area contributed by atoms with Gasteiger partial charge in [-0.25, -0.2) is 13.1 Å². The molecule has 0 aliphatic carbocycles. The summed E-state index contributed by atoms with van der Waals surface area (Å²) in [5.74, 6) is 0.681. The minimum atomic E-state index is -3.50. The van der Waals surface area contributed by atoms with E-state index in [1.807, 2.05) is 30.3 Å². The van der Waals surface area contributed by atoms with Gasteiger partial charge >= 0.3 is 0 Å².